The van der Waals surface area contributed by atoms with Crippen LogP contribution in [0.2, 0.25) is 0 Å². The van der Waals surface area contributed by atoms with Crippen molar-refractivity contribution in [2.45, 2.75) is 42.9 Å². The van der Waals surface area contributed by atoms with Gasteiger partial charge in [0.1, 0.15) is 12.3 Å². The third kappa shape index (κ3) is 10.6. The molecule has 0 radical (unpaired) electrons. The summed E-state index contributed by atoms with van der Waals surface area (Å²) in [4.78, 5) is 52.6. The number of hydrogen-bond donors (Lipinski definition) is 3. The molecule has 0 spiro atoms. The summed E-state index contributed by atoms with van der Waals surface area (Å²) in [6.45, 7) is 6.25. The van der Waals surface area contributed by atoms with E-state index >= 15 is 0 Å². The van der Waals surface area contributed by atoms with E-state index in [1.54, 1.807) is 32.1 Å². The molecule has 1 fully saturated rings. The highest BCUT2D eigenvalue weighted by atomic mass is 32.2. The maximum atomic E-state index is 12.7. The number of aromatic nitrogens is 2. The van der Waals surface area contributed by atoms with Crippen molar-refractivity contribution in [1.82, 2.24) is 19.8 Å². The number of nitrogens with one attached hydrogen (secondary N) is 1. The normalized spacial score (nSPS) is 14.3. The van der Waals surface area contributed by atoms with Crippen molar-refractivity contribution in [1.29, 1.82) is 0 Å². The summed E-state index contributed by atoms with van der Waals surface area (Å²) >= 11 is 2.16. The lowest BCUT2D eigenvalue weighted by molar-refractivity contribution is -0.192. The van der Waals surface area contributed by atoms with Gasteiger partial charge in [0, 0.05) is 25.2 Å². The number of hydrogen-bond acceptors (Lipinski definition) is 11. The Labute approximate surface area is 269 Å². The van der Waals surface area contributed by atoms with E-state index in [-0.39, 0.29) is 29.6 Å². The van der Waals surface area contributed by atoms with Crippen molar-refractivity contribution in [3.05, 3.63) is 47.1 Å². The Morgan fingerprint density at radius 1 is 1.13 bits per heavy atom. The summed E-state index contributed by atoms with van der Waals surface area (Å²) in [5.41, 5.74) is 6.94. The molecule has 1 aliphatic rings. The fourth-order valence-corrected chi connectivity index (χ4v) is 5.57. The number of amides is 3. The number of furan rings is 1. The number of thioether (sulfide) groups is 1. The molecule has 13 nitrogen and oxygen atoms in total. The zero-order chi connectivity index (χ0) is 33.9. The molecule has 1 aliphatic heterocycles. The summed E-state index contributed by atoms with van der Waals surface area (Å²) in [6.07, 6.45) is -3.51. The highest BCUT2D eigenvalue weighted by Crippen LogP contribution is 2.36. The number of alkyl halides is 3. The average Bonchev–Trinajstić information content (AvgIpc) is 3.65. The number of imidazole rings is 1. The highest BCUT2D eigenvalue weighted by Gasteiger charge is 2.38. The van der Waals surface area contributed by atoms with Crippen LogP contribution in [0.3, 0.4) is 0 Å². The Bertz CT molecular complexity index is 1560. The number of benzene rings is 1. The molecule has 0 bridgehead atoms. The maximum absolute atomic E-state index is 12.7. The van der Waals surface area contributed by atoms with Crippen LogP contribution in [0.25, 0.3) is 17.1 Å². The van der Waals surface area contributed by atoms with E-state index < -0.39 is 12.1 Å². The molecule has 250 valence electrons. The first-order chi connectivity index (χ1) is 21.8. The van der Waals surface area contributed by atoms with E-state index in [4.69, 9.17) is 29.5 Å². The van der Waals surface area contributed by atoms with Crippen LogP contribution < -0.4 is 11.1 Å². The third-order valence-electron chi connectivity index (χ3n) is 5.77. The third-order valence-corrected chi connectivity index (χ3v) is 7.57. The summed E-state index contributed by atoms with van der Waals surface area (Å²) < 4.78 is 50.2. The Kier molecular flexibility index (Phi) is 13.7. The standard InChI is InChI=1S/C26H31N5O6S2.C2HF3O2/c1-17(2)31-24(33)21(38-26(31)34)15-18-7-8-23(37-18)39-25-29-19-5-3-4-6-20(19)30(25)16-22(32)28-10-12-36-14-13-35-11-9-27;3-2(4,5)1(6)7/h3-8,15,17H,9-14,16,27H2,1-2H3,(H,28,32);(H,6,7)/b21-15-;. The lowest BCUT2D eigenvalue weighted by atomic mass is 10.3. The van der Waals surface area contributed by atoms with Gasteiger partial charge in [-0.25, -0.2) is 9.78 Å². The van der Waals surface area contributed by atoms with Crippen LogP contribution in [0.5, 0.6) is 0 Å². The minimum Gasteiger partial charge on any atom is -0.475 e. The van der Waals surface area contributed by atoms with Gasteiger partial charge in [-0.1, -0.05) is 12.1 Å². The number of carbonyl (C=O) groups excluding carboxylic acids is 3. The van der Waals surface area contributed by atoms with E-state index in [9.17, 15) is 27.6 Å². The summed E-state index contributed by atoms with van der Waals surface area (Å²) in [5.74, 6) is -2.82. The predicted octanol–water partition coefficient (Wildman–Crippen LogP) is 3.97. The molecule has 0 saturated carbocycles. The molecule has 1 aromatic carbocycles. The minimum atomic E-state index is -5.08. The van der Waals surface area contributed by atoms with E-state index in [0.717, 1.165) is 22.8 Å². The molecule has 4 N–H and O–H groups in total. The fourth-order valence-electron chi connectivity index (χ4n) is 3.76. The van der Waals surface area contributed by atoms with Crippen molar-refractivity contribution in [2.24, 2.45) is 5.73 Å². The number of carboxylic acid groups (broad SMARTS) is 1. The predicted molar refractivity (Wildman–Crippen MR) is 163 cm³/mol. The van der Waals surface area contributed by atoms with Gasteiger partial charge in [0.25, 0.3) is 11.1 Å². The summed E-state index contributed by atoms with van der Waals surface area (Å²) in [5, 5.41) is 10.8. The Morgan fingerprint density at radius 3 is 2.43 bits per heavy atom. The van der Waals surface area contributed by atoms with Crippen molar-refractivity contribution in [2.75, 3.05) is 39.5 Å². The van der Waals surface area contributed by atoms with E-state index in [1.165, 1.54) is 16.7 Å². The van der Waals surface area contributed by atoms with Gasteiger partial charge in [0.2, 0.25) is 5.91 Å². The van der Waals surface area contributed by atoms with Crippen LogP contribution in [-0.2, 0) is 30.4 Å². The Morgan fingerprint density at radius 2 is 1.80 bits per heavy atom. The maximum Gasteiger partial charge on any atom is 0.490 e. The number of halogens is 3. The van der Waals surface area contributed by atoms with Gasteiger partial charge in [-0.2, -0.15) is 13.2 Å². The Balaban J connectivity index is 0.000000738. The molecular weight excluding hydrogens is 655 g/mol. The van der Waals surface area contributed by atoms with Gasteiger partial charge in [0.05, 0.1) is 42.4 Å². The number of aliphatic carboxylic acids is 1. The summed E-state index contributed by atoms with van der Waals surface area (Å²) in [6, 6.07) is 10.8. The first-order valence-electron chi connectivity index (χ1n) is 13.7. The molecule has 0 atom stereocenters. The number of para-hydroxylation sites is 2. The lowest BCUT2D eigenvalue weighted by Gasteiger charge is -2.16. The van der Waals surface area contributed by atoms with Crippen LogP contribution in [0.1, 0.15) is 19.6 Å². The molecule has 46 heavy (non-hydrogen) atoms. The van der Waals surface area contributed by atoms with E-state index in [2.05, 4.69) is 10.3 Å². The number of fused-ring (bicyclic) bond motifs is 1. The van der Waals surface area contributed by atoms with Gasteiger partial charge >= 0.3 is 12.1 Å². The van der Waals surface area contributed by atoms with Gasteiger partial charge in [-0.05, 0) is 61.6 Å². The van der Waals surface area contributed by atoms with Crippen molar-refractivity contribution >= 4 is 63.7 Å². The largest absolute Gasteiger partial charge is 0.490 e. The van der Waals surface area contributed by atoms with Crippen LogP contribution in [0.15, 0.2) is 56.0 Å². The quantitative estimate of drug-likeness (QED) is 0.164. The van der Waals surface area contributed by atoms with Crippen LogP contribution in [0.4, 0.5) is 18.0 Å². The number of imide groups is 1. The first kappa shape index (κ1) is 36.6. The number of carbonyl (C=O) groups is 4. The SMILES string of the molecule is CC(C)N1C(=O)S/C(=C\c2ccc(Sc3nc4ccccc4n3CC(=O)NCCOCCOCCN)o2)C1=O.O=C(O)C(F)(F)F. The number of nitrogens with zero attached hydrogens (tertiary/aromatic N) is 3. The molecule has 4 rings (SSSR count). The molecule has 3 amide bonds. The van der Waals surface area contributed by atoms with Crippen LogP contribution in [0, 0.1) is 0 Å². The second-order valence-corrected chi connectivity index (χ2v) is 11.5. The molecule has 1 saturated heterocycles. The average molecular weight is 688 g/mol. The molecule has 0 aliphatic carbocycles. The molecule has 2 aromatic heterocycles. The van der Waals surface area contributed by atoms with Crippen molar-refractivity contribution < 1.29 is 51.3 Å². The number of ether oxygens (including phenoxy) is 2. The topological polar surface area (TPSA) is 179 Å². The molecule has 18 heteroatoms. The number of nitrogens with two attached hydrogens (primary N) is 1. The zero-order valence-corrected chi connectivity index (χ0v) is 26.4. The second-order valence-electron chi connectivity index (χ2n) is 9.54. The van der Waals surface area contributed by atoms with E-state index in [0.29, 0.717) is 60.4 Å². The van der Waals surface area contributed by atoms with Gasteiger partial charge in [0.15, 0.2) is 10.2 Å². The highest BCUT2D eigenvalue weighted by molar-refractivity contribution is 8.18. The van der Waals surface area contributed by atoms with Crippen molar-refractivity contribution in [3.63, 3.8) is 0 Å². The fraction of sp³-hybridized carbons (Fsp3) is 0.393. The monoisotopic (exact) mass is 687 g/mol. The Hall–Kier alpha value is -3.84. The second kappa shape index (κ2) is 17.2. The van der Waals surface area contributed by atoms with Crippen LogP contribution >= 0.6 is 23.5 Å². The van der Waals surface area contributed by atoms with Gasteiger partial charge in [-0.3, -0.25) is 19.3 Å². The van der Waals surface area contributed by atoms with Gasteiger partial charge in [-0.15, -0.1) is 0 Å². The van der Waals surface area contributed by atoms with Crippen molar-refractivity contribution in [3.8, 4) is 0 Å². The van der Waals surface area contributed by atoms with E-state index in [1.807, 2.05) is 28.8 Å². The smallest absolute Gasteiger partial charge is 0.475 e. The molecule has 3 heterocycles. The molecular formula is C28H32F3N5O8S2. The molecule has 3 aromatic rings. The molecule has 0 unspecified atom stereocenters. The minimum absolute atomic E-state index is 0.0678. The first-order valence-corrected chi connectivity index (χ1v) is 15.4. The number of rotatable bonds is 14. The number of carboxylic acids is 1. The zero-order valence-electron chi connectivity index (χ0n) is 24.7. The van der Waals surface area contributed by atoms with Crippen LogP contribution in [-0.4, -0.2) is 94.3 Å². The van der Waals surface area contributed by atoms with Gasteiger partial charge < -0.3 is 34.6 Å². The lowest BCUT2D eigenvalue weighted by Crippen LogP contribution is -2.34. The summed E-state index contributed by atoms with van der Waals surface area (Å²) in [7, 11) is 0.